The summed E-state index contributed by atoms with van der Waals surface area (Å²) in [5.41, 5.74) is 8.42. The number of anilines is 1. The number of hydrogen-bond donors (Lipinski definition) is 2. The molecule has 0 unspecified atom stereocenters. The summed E-state index contributed by atoms with van der Waals surface area (Å²) in [4.78, 5) is 12.2. The van der Waals surface area contributed by atoms with Crippen molar-refractivity contribution < 1.29 is 4.79 Å². The molecule has 0 aliphatic carbocycles. The van der Waals surface area contributed by atoms with Crippen LogP contribution in [0.1, 0.15) is 21.5 Å². The molecule has 21 heavy (non-hydrogen) atoms. The van der Waals surface area contributed by atoms with Gasteiger partial charge in [-0.3, -0.25) is 4.79 Å². The highest BCUT2D eigenvalue weighted by Gasteiger charge is 2.07. The number of nitrogens with two attached hydrogens (primary N) is 1. The van der Waals surface area contributed by atoms with Gasteiger partial charge < -0.3 is 11.1 Å². The van der Waals surface area contributed by atoms with E-state index >= 15 is 0 Å². The monoisotopic (exact) mass is 276 g/mol. The Balaban J connectivity index is 2.23. The molecule has 3 nitrogen and oxygen atoms in total. The van der Waals surface area contributed by atoms with E-state index in [9.17, 15) is 4.79 Å². The van der Waals surface area contributed by atoms with Crippen LogP contribution in [-0.2, 0) is 0 Å². The second-order valence-corrected chi connectivity index (χ2v) is 4.48. The predicted molar refractivity (Wildman–Crippen MR) is 85.8 cm³/mol. The van der Waals surface area contributed by atoms with Gasteiger partial charge in [-0.25, -0.2) is 0 Å². The fourth-order valence-electron chi connectivity index (χ4n) is 1.79. The van der Waals surface area contributed by atoms with Gasteiger partial charge in [-0.15, -0.1) is 0 Å². The summed E-state index contributed by atoms with van der Waals surface area (Å²) in [6, 6.07) is 14.8. The largest absolute Gasteiger partial charge is 0.404 e. The van der Waals surface area contributed by atoms with Gasteiger partial charge in [0.1, 0.15) is 0 Å². The zero-order valence-electron chi connectivity index (χ0n) is 11.8. The average Bonchev–Trinajstić information content (AvgIpc) is 2.50. The van der Waals surface area contributed by atoms with E-state index in [0.717, 1.165) is 16.8 Å². The topological polar surface area (TPSA) is 55.1 Å². The number of para-hydroxylation sites is 1. The normalized spacial score (nSPS) is 9.95. The lowest BCUT2D eigenvalue weighted by atomic mass is 10.0. The maximum atomic E-state index is 12.2. The number of rotatable bonds is 2. The van der Waals surface area contributed by atoms with Crippen molar-refractivity contribution in [2.24, 2.45) is 5.73 Å². The zero-order chi connectivity index (χ0) is 15.1. The lowest BCUT2D eigenvalue weighted by Crippen LogP contribution is -2.12. The molecule has 2 aromatic rings. The average molecular weight is 276 g/mol. The molecule has 0 saturated heterocycles. The molecule has 0 aromatic heterocycles. The predicted octanol–water partition coefficient (Wildman–Crippen LogP) is 3.07. The maximum Gasteiger partial charge on any atom is 0.255 e. The van der Waals surface area contributed by atoms with E-state index in [2.05, 4.69) is 17.2 Å². The van der Waals surface area contributed by atoms with Crippen LogP contribution >= 0.6 is 0 Å². The number of nitrogens with one attached hydrogen (secondary N) is 1. The maximum absolute atomic E-state index is 12.2. The minimum absolute atomic E-state index is 0.154. The lowest BCUT2D eigenvalue weighted by molar-refractivity contribution is 0.102. The highest BCUT2D eigenvalue weighted by Crippen LogP contribution is 2.13. The number of carbonyl (C=O) groups is 1. The van der Waals surface area contributed by atoms with Gasteiger partial charge in [0.05, 0.1) is 0 Å². The minimum atomic E-state index is -0.154. The third-order valence-electron chi connectivity index (χ3n) is 2.92. The SMILES string of the molecule is Cc1ccc(C(=O)Nc2ccccc2)cc1C#C/C=C/N. The Kier molecular flexibility index (Phi) is 4.79. The zero-order valence-corrected chi connectivity index (χ0v) is 11.8. The second kappa shape index (κ2) is 6.97. The summed E-state index contributed by atoms with van der Waals surface area (Å²) in [5, 5.41) is 2.85. The Morgan fingerprint density at radius 1 is 1.19 bits per heavy atom. The van der Waals surface area contributed by atoms with Gasteiger partial charge in [-0.1, -0.05) is 36.1 Å². The summed E-state index contributed by atoms with van der Waals surface area (Å²) >= 11 is 0. The summed E-state index contributed by atoms with van der Waals surface area (Å²) < 4.78 is 0. The Labute approximate surface area is 124 Å². The van der Waals surface area contributed by atoms with Crippen molar-refractivity contribution in [3.05, 3.63) is 77.5 Å². The van der Waals surface area contributed by atoms with Crippen molar-refractivity contribution in [1.29, 1.82) is 0 Å². The number of hydrogen-bond acceptors (Lipinski definition) is 2. The minimum Gasteiger partial charge on any atom is -0.404 e. The van der Waals surface area contributed by atoms with Gasteiger partial charge >= 0.3 is 0 Å². The van der Waals surface area contributed by atoms with Crippen LogP contribution in [0.5, 0.6) is 0 Å². The molecule has 3 heteroatoms. The van der Waals surface area contributed by atoms with E-state index in [1.165, 1.54) is 6.20 Å². The molecule has 104 valence electrons. The number of carbonyl (C=O) groups excluding carboxylic acids is 1. The molecule has 0 aliphatic rings. The van der Waals surface area contributed by atoms with Crippen LogP contribution in [0.15, 0.2) is 60.8 Å². The highest BCUT2D eigenvalue weighted by atomic mass is 16.1. The van der Waals surface area contributed by atoms with E-state index < -0.39 is 0 Å². The van der Waals surface area contributed by atoms with Gasteiger partial charge in [0.25, 0.3) is 5.91 Å². The second-order valence-electron chi connectivity index (χ2n) is 4.48. The molecule has 0 saturated carbocycles. The number of aryl methyl sites for hydroxylation is 1. The van der Waals surface area contributed by atoms with Crippen molar-refractivity contribution >= 4 is 11.6 Å². The summed E-state index contributed by atoms with van der Waals surface area (Å²) in [6.45, 7) is 1.95. The van der Waals surface area contributed by atoms with Crippen LogP contribution in [0.2, 0.25) is 0 Å². The number of amides is 1. The number of allylic oxidation sites excluding steroid dienone is 1. The first-order chi connectivity index (χ1) is 10.2. The van der Waals surface area contributed by atoms with Crippen LogP contribution in [0.25, 0.3) is 0 Å². The van der Waals surface area contributed by atoms with Crippen molar-refractivity contribution in [3.8, 4) is 11.8 Å². The van der Waals surface area contributed by atoms with Crippen molar-refractivity contribution in [2.45, 2.75) is 6.92 Å². The van der Waals surface area contributed by atoms with Crippen molar-refractivity contribution in [3.63, 3.8) is 0 Å². The van der Waals surface area contributed by atoms with Crippen LogP contribution in [0, 0.1) is 18.8 Å². The van der Waals surface area contributed by atoms with Gasteiger partial charge in [-0.05, 0) is 36.8 Å². The van der Waals surface area contributed by atoms with Gasteiger partial charge in [0, 0.05) is 29.1 Å². The molecular weight excluding hydrogens is 260 g/mol. The van der Waals surface area contributed by atoms with Crippen molar-refractivity contribution in [2.75, 3.05) is 5.32 Å². The standard InChI is InChI=1S/C18H16N2O/c1-14-10-11-16(13-15(14)7-5-6-12-19)18(21)20-17-8-3-2-4-9-17/h2-4,6,8-13H,19H2,1H3,(H,20,21)/b12-6+. The first-order valence-electron chi connectivity index (χ1n) is 6.56. The van der Waals surface area contributed by atoms with Crippen LogP contribution < -0.4 is 11.1 Å². The first kappa shape index (κ1) is 14.4. The molecule has 0 bridgehead atoms. The quantitative estimate of drug-likeness (QED) is 0.828. The summed E-state index contributed by atoms with van der Waals surface area (Å²) in [6.07, 6.45) is 2.95. The van der Waals surface area contributed by atoms with E-state index in [1.54, 1.807) is 18.2 Å². The Bertz CT molecular complexity index is 722. The first-order valence-corrected chi connectivity index (χ1v) is 6.56. The Morgan fingerprint density at radius 3 is 2.67 bits per heavy atom. The molecule has 3 N–H and O–H groups in total. The van der Waals surface area contributed by atoms with Crippen LogP contribution in [0.3, 0.4) is 0 Å². The molecule has 0 radical (unpaired) electrons. The third kappa shape index (κ3) is 3.99. The molecule has 0 spiro atoms. The molecule has 0 atom stereocenters. The smallest absolute Gasteiger partial charge is 0.255 e. The molecule has 2 rings (SSSR count). The Morgan fingerprint density at radius 2 is 1.95 bits per heavy atom. The fraction of sp³-hybridized carbons (Fsp3) is 0.0556. The molecule has 0 fully saturated rings. The fourth-order valence-corrected chi connectivity index (χ4v) is 1.79. The van der Waals surface area contributed by atoms with Crippen molar-refractivity contribution in [1.82, 2.24) is 0 Å². The molecular formula is C18H16N2O. The van der Waals surface area contributed by atoms with Gasteiger partial charge in [0.2, 0.25) is 0 Å². The highest BCUT2D eigenvalue weighted by molar-refractivity contribution is 6.04. The van der Waals surface area contributed by atoms with E-state index in [0.29, 0.717) is 5.56 Å². The molecule has 2 aromatic carbocycles. The van der Waals surface area contributed by atoms with E-state index in [4.69, 9.17) is 5.73 Å². The number of benzene rings is 2. The molecule has 1 amide bonds. The summed E-state index contributed by atoms with van der Waals surface area (Å²) in [5.74, 6) is 5.64. The molecule has 0 aliphatic heterocycles. The van der Waals surface area contributed by atoms with Crippen LogP contribution in [0.4, 0.5) is 5.69 Å². The van der Waals surface area contributed by atoms with Gasteiger partial charge in [-0.2, -0.15) is 0 Å². The lowest BCUT2D eigenvalue weighted by Gasteiger charge is -2.06. The molecule has 0 heterocycles. The Hall–Kier alpha value is -2.99. The van der Waals surface area contributed by atoms with Gasteiger partial charge in [0.15, 0.2) is 0 Å². The van der Waals surface area contributed by atoms with E-state index in [-0.39, 0.29) is 5.91 Å². The summed E-state index contributed by atoms with van der Waals surface area (Å²) in [7, 11) is 0. The van der Waals surface area contributed by atoms with Crippen LogP contribution in [-0.4, -0.2) is 5.91 Å². The van der Waals surface area contributed by atoms with E-state index in [1.807, 2.05) is 43.3 Å². The third-order valence-corrected chi connectivity index (χ3v) is 2.92.